The van der Waals surface area contributed by atoms with Crippen LogP contribution in [0, 0.1) is 13.8 Å². The molecule has 0 saturated heterocycles. The normalized spacial score (nSPS) is 10.6. The zero-order valence-corrected chi connectivity index (χ0v) is 12.4. The average Bonchev–Trinajstić information content (AvgIpc) is 2.48. The van der Waals surface area contributed by atoms with Gasteiger partial charge in [0.05, 0.1) is 0 Å². The van der Waals surface area contributed by atoms with Gasteiger partial charge in [-0.15, -0.1) is 0 Å². The highest BCUT2D eigenvalue weighted by molar-refractivity contribution is 5.95. The van der Waals surface area contributed by atoms with Crippen LogP contribution in [0.3, 0.4) is 0 Å². The first-order chi connectivity index (χ1) is 10.5. The van der Waals surface area contributed by atoms with E-state index in [0.29, 0.717) is 12.1 Å². The Hall–Kier alpha value is -2.43. The molecule has 0 aromatic heterocycles. The van der Waals surface area contributed by atoms with Gasteiger partial charge in [0.1, 0.15) is 5.75 Å². The smallest absolute Gasteiger partial charge is 0.387 e. The zero-order valence-electron chi connectivity index (χ0n) is 12.4. The molecule has 3 nitrogen and oxygen atoms in total. The lowest BCUT2D eigenvalue weighted by Crippen LogP contribution is -2.23. The highest BCUT2D eigenvalue weighted by Gasteiger charge is 2.10. The van der Waals surface area contributed by atoms with Gasteiger partial charge in [0, 0.05) is 12.1 Å². The summed E-state index contributed by atoms with van der Waals surface area (Å²) in [6, 6.07) is 11.7. The third-order valence-electron chi connectivity index (χ3n) is 3.45. The van der Waals surface area contributed by atoms with Crippen molar-refractivity contribution in [2.45, 2.75) is 27.0 Å². The summed E-state index contributed by atoms with van der Waals surface area (Å²) in [4.78, 5) is 12.2. The van der Waals surface area contributed by atoms with Gasteiger partial charge in [-0.2, -0.15) is 8.78 Å². The van der Waals surface area contributed by atoms with Crippen molar-refractivity contribution in [3.8, 4) is 5.75 Å². The van der Waals surface area contributed by atoms with E-state index < -0.39 is 6.61 Å². The largest absolute Gasteiger partial charge is 0.435 e. The number of alkyl halides is 2. The fourth-order valence-corrected chi connectivity index (χ4v) is 2.06. The number of benzene rings is 2. The second-order valence-electron chi connectivity index (χ2n) is 4.95. The fourth-order valence-electron chi connectivity index (χ4n) is 2.06. The number of carbonyl (C=O) groups is 1. The van der Waals surface area contributed by atoms with E-state index in [4.69, 9.17) is 0 Å². The van der Waals surface area contributed by atoms with Crippen molar-refractivity contribution in [3.63, 3.8) is 0 Å². The van der Waals surface area contributed by atoms with Gasteiger partial charge in [-0.05, 0) is 48.7 Å². The Labute approximate surface area is 127 Å². The number of nitrogens with one attached hydrogen (secondary N) is 1. The van der Waals surface area contributed by atoms with Gasteiger partial charge in [-0.3, -0.25) is 4.79 Å². The predicted molar refractivity (Wildman–Crippen MR) is 80.2 cm³/mol. The van der Waals surface area contributed by atoms with E-state index in [1.165, 1.54) is 12.1 Å². The molecule has 2 aromatic carbocycles. The van der Waals surface area contributed by atoms with Crippen LogP contribution in [0.5, 0.6) is 5.75 Å². The Morgan fingerprint density at radius 2 is 1.82 bits per heavy atom. The van der Waals surface area contributed by atoms with Gasteiger partial charge >= 0.3 is 6.61 Å². The minimum absolute atomic E-state index is 0.0969. The van der Waals surface area contributed by atoms with E-state index in [0.717, 1.165) is 16.7 Å². The van der Waals surface area contributed by atoms with Gasteiger partial charge in [0.2, 0.25) is 0 Å². The van der Waals surface area contributed by atoms with Crippen LogP contribution in [0.4, 0.5) is 8.78 Å². The van der Waals surface area contributed by atoms with Crippen molar-refractivity contribution in [1.82, 2.24) is 5.32 Å². The minimum atomic E-state index is -2.84. The lowest BCUT2D eigenvalue weighted by molar-refractivity contribution is -0.0498. The van der Waals surface area contributed by atoms with E-state index in [9.17, 15) is 13.6 Å². The van der Waals surface area contributed by atoms with Gasteiger partial charge in [-0.1, -0.05) is 24.3 Å². The second kappa shape index (κ2) is 7.02. The number of ether oxygens (including phenoxy) is 1. The fraction of sp³-hybridized carbons (Fsp3) is 0.235. The van der Waals surface area contributed by atoms with Crippen LogP contribution in [0.15, 0.2) is 42.5 Å². The molecule has 22 heavy (non-hydrogen) atoms. The molecule has 0 heterocycles. The number of carbonyl (C=O) groups excluding carboxylic acids is 1. The standard InChI is InChI=1S/C17H17F2NO2/c1-11-4-3-5-15(12(11)2)16(21)20-10-13-6-8-14(9-7-13)22-17(18)19/h3-9,17H,10H2,1-2H3,(H,20,21). The number of hydrogen-bond acceptors (Lipinski definition) is 2. The summed E-state index contributed by atoms with van der Waals surface area (Å²) in [5.41, 5.74) is 3.44. The predicted octanol–water partition coefficient (Wildman–Crippen LogP) is 3.83. The summed E-state index contributed by atoms with van der Waals surface area (Å²) in [7, 11) is 0. The topological polar surface area (TPSA) is 38.3 Å². The second-order valence-corrected chi connectivity index (χ2v) is 4.95. The lowest BCUT2D eigenvalue weighted by atomic mass is 10.0. The molecular weight excluding hydrogens is 288 g/mol. The molecule has 5 heteroatoms. The lowest BCUT2D eigenvalue weighted by Gasteiger charge is -2.10. The molecular formula is C17H17F2NO2. The van der Waals surface area contributed by atoms with Crippen molar-refractivity contribution in [1.29, 1.82) is 0 Å². The minimum Gasteiger partial charge on any atom is -0.435 e. The molecule has 2 rings (SSSR count). The molecule has 0 bridgehead atoms. The van der Waals surface area contributed by atoms with Crippen LogP contribution in [0.2, 0.25) is 0 Å². The van der Waals surface area contributed by atoms with Crippen molar-refractivity contribution in [3.05, 3.63) is 64.7 Å². The Morgan fingerprint density at radius 1 is 1.14 bits per heavy atom. The summed E-state index contributed by atoms with van der Waals surface area (Å²) in [5, 5.41) is 2.82. The monoisotopic (exact) mass is 305 g/mol. The number of halogens is 2. The number of aryl methyl sites for hydroxylation is 1. The highest BCUT2D eigenvalue weighted by Crippen LogP contribution is 2.15. The molecule has 1 amide bonds. The third-order valence-corrected chi connectivity index (χ3v) is 3.45. The Bertz CT molecular complexity index is 654. The first-order valence-corrected chi connectivity index (χ1v) is 6.85. The van der Waals surface area contributed by atoms with Crippen LogP contribution >= 0.6 is 0 Å². The van der Waals surface area contributed by atoms with E-state index >= 15 is 0 Å². The maximum Gasteiger partial charge on any atom is 0.387 e. The molecule has 1 N–H and O–H groups in total. The summed E-state index contributed by atoms with van der Waals surface area (Å²) >= 11 is 0. The molecule has 0 radical (unpaired) electrons. The summed E-state index contributed by atoms with van der Waals surface area (Å²) in [6.07, 6.45) is 0. The van der Waals surface area contributed by atoms with Crippen molar-refractivity contribution >= 4 is 5.91 Å². The Balaban J connectivity index is 1.97. The third kappa shape index (κ3) is 4.04. The molecule has 116 valence electrons. The summed E-state index contributed by atoms with van der Waals surface area (Å²) in [5.74, 6) is -0.0614. The number of amides is 1. The van der Waals surface area contributed by atoms with Crippen molar-refractivity contribution in [2.24, 2.45) is 0 Å². The molecule has 0 aliphatic carbocycles. The first kappa shape index (κ1) is 15.9. The Kier molecular flexibility index (Phi) is 5.09. The number of hydrogen-bond donors (Lipinski definition) is 1. The first-order valence-electron chi connectivity index (χ1n) is 6.85. The van der Waals surface area contributed by atoms with Gasteiger partial charge in [0.25, 0.3) is 5.91 Å². The van der Waals surface area contributed by atoms with Gasteiger partial charge in [0.15, 0.2) is 0 Å². The van der Waals surface area contributed by atoms with Crippen LogP contribution < -0.4 is 10.1 Å². The average molecular weight is 305 g/mol. The molecule has 0 spiro atoms. The summed E-state index contributed by atoms with van der Waals surface area (Å²) in [6.45, 7) is 1.34. The quantitative estimate of drug-likeness (QED) is 0.911. The van der Waals surface area contributed by atoms with E-state index in [-0.39, 0.29) is 11.7 Å². The van der Waals surface area contributed by atoms with Crippen molar-refractivity contribution < 1.29 is 18.3 Å². The SMILES string of the molecule is Cc1cccc(C(=O)NCc2ccc(OC(F)F)cc2)c1C. The zero-order chi connectivity index (χ0) is 16.1. The van der Waals surface area contributed by atoms with Crippen LogP contribution in [-0.4, -0.2) is 12.5 Å². The molecule has 0 aliphatic heterocycles. The van der Waals surface area contributed by atoms with Crippen molar-refractivity contribution in [2.75, 3.05) is 0 Å². The van der Waals surface area contributed by atoms with E-state index in [1.54, 1.807) is 18.2 Å². The summed E-state index contributed by atoms with van der Waals surface area (Å²) < 4.78 is 28.4. The molecule has 0 saturated carbocycles. The molecule has 0 fully saturated rings. The molecule has 0 atom stereocenters. The maximum atomic E-state index is 12.2. The van der Waals surface area contributed by atoms with Gasteiger partial charge < -0.3 is 10.1 Å². The number of rotatable bonds is 5. The van der Waals surface area contributed by atoms with Crippen LogP contribution in [-0.2, 0) is 6.54 Å². The molecule has 0 unspecified atom stereocenters. The maximum absolute atomic E-state index is 12.2. The van der Waals surface area contributed by atoms with E-state index in [2.05, 4.69) is 10.1 Å². The molecule has 0 aliphatic rings. The van der Waals surface area contributed by atoms with Gasteiger partial charge in [-0.25, -0.2) is 0 Å². The van der Waals surface area contributed by atoms with Crippen LogP contribution in [0.1, 0.15) is 27.0 Å². The van der Waals surface area contributed by atoms with E-state index in [1.807, 2.05) is 26.0 Å². The Morgan fingerprint density at radius 3 is 2.45 bits per heavy atom. The highest BCUT2D eigenvalue weighted by atomic mass is 19.3. The van der Waals surface area contributed by atoms with Crippen LogP contribution in [0.25, 0.3) is 0 Å². The molecule has 2 aromatic rings.